The molecule has 0 unspecified atom stereocenters. The molecule has 0 aliphatic heterocycles. The Morgan fingerprint density at radius 2 is 1.17 bits per heavy atom. The molecule has 0 atom stereocenters. The number of rotatable bonds is 0. The van der Waals surface area contributed by atoms with E-state index >= 15 is 0 Å². The molecule has 38 valence electrons. The van der Waals surface area contributed by atoms with E-state index in [-0.39, 0.29) is 42.1 Å². The van der Waals surface area contributed by atoms with Gasteiger partial charge in [0.1, 0.15) is 0 Å². The van der Waals surface area contributed by atoms with Crippen molar-refractivity contribution in [3.05, 3.63) is 0 Å². The minimum atomic E-state index is -1.62. The maximum absolute atomic E-state index is 7.68. The van der Waals surface area contributed by atoms with Crippen molar-refractivity contribution in [2.75, 3.05) is 6.66 Å². The minimum absolute atomic E-state index is 0. The van der Waals surface area contributed by atoms with Gasteiger partial charge in [-0.05, 0) is 0 Å². The van der Waals surface area contributed by atoms with Crippen LogP contribution in [0.2, 0.25) is 0 Å². The third kappa shape index (κ3) is 42.9. The Hall–Kier alpha value is 1.73. The quantitative estimate of drug-likeness (QED) is 0.510. The molecule has 0 aliphatic carbocycles. The fourth-order valence-electron chi connectivity index (χ4n) is 0. The third-order valence-electron chi connectivity index (χ3n) is 0. The van der Waals surface area contributed by atoms with E-state index in [2.05, 4.69) is 0 Å². The molecule has 0 amide bonds. The normalized spacial score (nSPS) is 6.00. The van der Waals surface area contributed by atoms with Crippen LogP contribution in [-0.4, -0.2) is 16.5 Å². The first-order valence-electron chi connectivity index (χ1n) is 0.847. The molecule has 0 bridgehead atoms. The van der Waals surface area contributed by atoms with Crippen LogP contribution in [0.15, 0.2) is 0 Å². The molecule has 2 N–H and O–H groups in total. The second-order valence-electron chi connectivity index (χ2n) is 0.489. The molecule has 0 fully saturated rings. The molecule has 0 aliphatic rings. The van der Waals surface area contributed by atoms with Crippen LogP contribution in [0.3, 0.4) is 0 Å². The molecule has 0 saturated carbocycles. The van der Waals surface area contributed by atoms with Gasteiger partial charge in [0.15, 0.2) is 8.38 Å². The maximum Gasteiger partial charge on any atom is 0.161 e. The fourth-order valence-corrected chi connectivity index (χ4v) is 0. The van der Waals surface area contributed by atoms with Crippen molar-refractivity contribution < 1.29 is 51.9 Å². The van der Waals surface area contributed by atoms with E-state index in [4.69, 9.17) is 9.79 Å². The Labute approximate surface area is 66.8 Å². The van der Waals surface area contributed by atoms with Gasteiger partial charge >= 0.3 is 0 Å². The molecule has 0 aromatic heterocycles. The largest absolute Gasteiger partial charge is 0.350 e. The average Bonchev–Trinajstić information content (AvgIpc) is 0.811. The number of hydrogen-bond donors (Lipinski definition) is 2. The Bertz CT molecular complexity index is 16.3. The fraction of sp³-hybridized carbons (Fsp3) is 1.00. The summed E-state index contributed by atoms with van der Waals surface area (Å²) in [4.78, 5) is 15.4. The smallest absolute Gasteiger partial charge is 0.161 e. The zero-order valence-corrected chi connectivity index (χ0v) is 9.92. The zero-order chi connectivity index (χ0) is 3.58. The van der Waals surface area contributed by atoms with E-state index in [0.717, 1.165) is 0 Å². The van der Waals surface area contributed by atoms with Gasteiger partial charge in [0, 0.05) is 48.8 Å². The summed E-state index contributed by atoms with van der Waals surface area (Å²) in [6, 6.07) is 0. The monoisotopic (exact) mass is 448 g/mol. The van der Waals surface area contributed by atoms with Crippen LogP contribution in [0, 0.1) is 0 Å². The van der Waals surface area contributed by atoms with E-state index in [1.165, 1.54) is 6.66 Å². The molecule has 0 aromatic carbocycles. The van der Waals surface area contributed by atoms with Crippen LogP contribution in [0.25, 0.3) is 0 Å². The van der Waals surface area contributed by atoms with E-state index in [0.29, 0.717) is 0 Å². The zero-order valence-electron chi connectivity index (χ0n) is 3.16. The Kier molecular flexibility index (Phi) is 25.8. The summed E-state index contributed by atoms with van der Waals surface area (Å²) in [6.45, 7) is 1.34. The predicted octanol–water partition coefficient (Wildman–Crippen LogP) is -0.0923. The first-order chi connectivity index (χ1) is 1.73. The van der Waals surface area contributed by atoms with Crippen LogP contribution >= 0.6 is 8.38 Å². The summed E-state index contributed by atoms with van der Waals surface area (Å²) in [5.41, 5.74) is 0. The van der Waals surface area contributed by atoms with Gasteiger partial charge in [-0.15, -0.1) is 0 Å². The average molecular weight is 448 g/mol. The van der Waals surface area contributed by atoms with Gasteiger partial charge in [-0.3, -0.25) is 0 Å². The maximum atomic E-state index is 7.68. The van der Waals surface area contributed by atoms with E-state index < -0.39 is 8.38 Å². The molecule has 0 saturated heterocycles. The van der Waals surface area contributed by atoms with Crippen molar-refractivity contribution in [1.82, 2.24) is 0 Å². The van der Waals surface area contributed by atoms with E-state index in [1.807, 2.05) is 0 Å². The van der Waals surface area contributed by atoms with Crippen LogP contribution in [0.1, 0.15) is 0 Å². The molecule has 5 heteroatoms. The molecular weight excluding hydrogens is 443 g/mol. The molecule has 2 nitrogen and oxygen atoms in total. The summed E-state index contributed by atoms with van der Waals surface area (Å²) in [7, 11) is -1.62. The molecule has 0 rings (SSSR count). The van der Waals surface area contributed by atoms with E-state index in [9.17, 15) is 0 Å². The summed E-state index contributed by atoms with van der Waals surface area (Å²) in [5.74, 6) is 0. The van der Waals surface area contributed by atoms with Crippen molar-refractivity contribution in [2.45, 2.75) is 0 Å². The Morgan fingerprint density at radius 3 is 1.17 bits per heavy atom. The molecule has 0 heterocycles. The Morgan fingerprint density at radius 1 is 1.17 bits per heavy atom. The SMILES string of the molecule is CP(O)O.[W].[W]. The number of hydrogen-bond acceptors (Lipinski definition) is 2. The predicted molar refractivity (Wildman–Crippen MR) is 17.3 cm³/mol. The minimum Gasteiger partial charge on any atom is -0.350 e. The van der Waals surface area contributed by atoms with Gasteiger partial charge in [-0.2, -0.15) is 0 Å². The summed E-state index contributed by atoms with van der Waals surface area (Å²) in [6.07, 6.45) is 0. The van der Waals surface area contributed by atoms with Crippen molar-refractivity contribution in [3.63, 3.8) is 0 Å². The van der Waals surface area contributed by atoms with Gasteiger partial charge in [-0.1, -0.05) is 0 Å². The van der Waals surface area contributed by atoms with Crippen LogP contribution in [0.5, 0.6) is 0 Å². The molecule has 0 aromatic rings. The van der Waals surface area contributed by atoms with Gasteiger partial charge in [-0.25, -0.2) is 0 Å². The van der Waals surface area contributed by atoms with Gasteiger partial charge < -0.3 is 9.79 Å². The first kappa shape index (κ1) is 15.6. The summed E-state index contributed by atoms with van der Waals surface area (Å²) >= 11 is 0. The van der Waals surface area contributed by atoms with Crippen molar-refractivity contribution >= 4 is 8.38 Å². The summed E-state index contributed by atoms with van der Waals surface area (Å²) in [5, 5.41) is 0. The summed E-state index contributed by atoms with van der Waals surface area (Å²) < 4.78 is 0. The Balaban J connectivity index is -0.0000000450. The van der Waals surface area contributed by atoms with Crippen molar-refractivity contribution in [3.8, 4) is 0 Å². The van der Waals surface area contributed by atoms with Gasteiger partial charge in [0.25, 0.3) is 0 Å². The third-order valence-corrected chi connectivity index (χ3v) is 0. The molecule has 0 spiro atoms. The van der Waals surface area contributed by atoms with Crippen LogP contribution in [-0.2, 0) is 42.1 Å². The molecular formula is CH5O2PW2. The van der Waals surface area contributed by atoms with Crippen LogP contribution in [0.4, 0.5) is 0 Å². The molecule has 0 radical (unpaired) electrons. The van der Waals surface area contributed by atoms with Crippen molar-refractivity contribution in [2.24, 2.45) is 0 Å². The second kappa shape index (κ2) is 9.87. The van der Waals surface area contributed by atoms with Crippen LogP contribution < -0.4 is 0 Å². The van der Waals surface area contributed by atoms with E-state index in [1.54, 1.807) is 0 Å². The second-order valence-corrected chi connectivity index (χ2v) is 1.47. The van der Waals surface area contributed by atoms with Gasteiger partial charge in [0.05, 0.1) is 0 Å². The topological polar surface area (TPSA) is 40.5 Å². The van der Waals surface area contributed by atoms with Gasteiger partial charge in [0.2, 0.25) is 0 Å². The van der Waals surface area contributed by atoms with Crippen molar-refractivity contribution in [1.29, 1.82) is 0 Å². The standard InChI is InChI=1S/CH5O2P.2W/c1-4(2)3;;/h2-3H,1H3;;. The first-order valence-corrected chi connectivity index (χ1v) is 2.54. The molecule has 6 heavy (non-hydrogen) atoms.